The number of carboxylic acid groups (broad SMARTS) is 1. The third-order valence-corrected chi connectivity index (χ3v) is 4.03. The lowest BCUT2D eigenvalue weighted by Crippen LogP contribution is -2.53. The lowest BCUT2D eigenvalue weighted by atomic mass is 9.86. The first kappa shape index (κ1) is 18.3. The summed E-state index contributed by atoms with van der Waals surface area (Å²) in [7, 11) is 0. The molecule has 0 unspecified atom stereocenters. The quantitative estimate of drug-likeness (QED) is 0.797. The molecule has 0 bridgehead atoms. The van der Waals surface area contributed by atoms with Crippen LogP contribution in [0.5, 0.6) is 5.75 Å². The maximum atomic E-state index is 12.5. The molecule has 0 aliphatic carbocycles. The summed E-state index contributed by atoms with van der Waals surface area (Å²) in [6.45, 7) is 4.78. The molecule has 6 nitrogen and oxygen atoms in total. The minimum Gasteiger partial charge on any atom is -0.491 e. The van der Waals surface area contributed by atoms with Gasteiger partial charge in [0.1, 0.15) is 5.75 Å². The van der Waals surface area contributed by atoms with Gasteiger partial charge in [-0.2, -0.15) is 0 Å². The largest absolute Gasteiger partial charge is 0.491 e. The Hall–Kier alpha value is -2.08. The van der Waals surface area contributed by atoms with Crippen molar-refractivity contribution in [2.45, 2.75) is 51.2 Å². The third-order valence-electron chi connectivity index (χ3n) is 4.03. The molecule has 2 N–H and O–H groups in total. The van der Waals surface area contributed by atoms with E-state index in [1.165, 1.54) is 0 Å². The number of para-hydroxylation sites is 1. The summed E-state index contributed by atoms with van der Waals surface area (Å²) in [6, 6.07) is 7.41. The summed E-state index contributed by atoms with van der Waals surface area (Å²) in [5, 5.41) is 12.1. The second kappa shape index (κ2) is 8.15. The molecule has 1 aliphatic rings. The predicted octanol–water partition coefficient (Wildman–Crippen LogP) is 2.16. The zero-order valence-electron chi connectivity index (χ0n) is 14.2. The number of hydrogen-bond acceptors (Lipinski definition) is 4. The van der Waals surface area contributed by atoms with Crippen molar-refractivity contribution in [3.05, 3.63) is 29.8 Å². The standard InChI is InChI=1S/C18H25NO5/c1-13(2)24-15-6-4-3-5-14(15)11-16(20)19-18(12-17(21)22)7-9-23-10-8-18/h3-6,13H,7-12H2,1-2H3,(H,19,20)(H,21,22). The van der Waals surface area contributed by atoms with E-state index in [0.717, 1.165) is 5.56 Å². The number of benzene rings is 1. The van der Waals surface area contributed by atoms with Crippen molar-refractivity contribution >= 4 is 11.9 Å². The van der Waals surface area contributed by atoms with Crippen LogP contribution in [0.1, 0.15) is 38.7 Å². The zero-order chi connectivity index (χ0) is 17.6. The fourth-order valence-electron chi connectivity index (χ4n) is 2.93. The monoisotopic (exact) mass is 335 g/mol. The van der Waals surface area contributed by atoms with E-state index in [0.29, 0.717) is 31.8 Å². The Morgan fingerprint density at radius 1 is 1.29 bits per heavy atom. The van der Waals surface area contributed by atoms with Crippen molar-refractivity contribution in [1.82, 2.24) is 5.32 Å². The molecule has 0 saturated carbocycles. The SMILES string of the molecule is CC(C)Oc1ccccc1CC(=O)NC1(CC(=O)O)CCOCC1. The van der Waals surface area contributed by atoms with E-state index in [1.807, 2.05) is 38.1 Å². The fourth-order valence-corrected chi connectivity index (χ4v) is 2.93. The molecule has 0 aromatic heterocycles. The topological polar surface area (TPSA) is 84.9 Å². The number of rotatable bonds is 7. The highest BCUT2D eigenvalue weighted by molar-refractivity contribution is 5.81. The van der Waals surface area contributed by atoms with Gasteiger partial charge in [-0.05, 0) is 32.8 Å². The number of carboxylic acids is 1. The van der Waals surface area contributed by atoms with Gasteiger partial charge in [0, 0.05) is 18.8 Å². The fraction of sp³-hybridized carbons (Fsp3) is 0.556. The van der Waals surface area contributed by atoms with E-state index in [4.69, 9.17) is 14.6 Å². The van der Waals surface area contributed by atoms with E-state index < -0.39 is 11.5 Å². The minimum absolute atomic E-state index is 0.0167. The molecule has 0 atom stereocenters. The second-order valence-corrected chi connectivity index (χ2v) is 6.46. The number of nitrogens with one attached hydrogen (secondary N) is 1. The first-order valence-corrected chi connectivity index (χ1v) is 8.25. The molecule has 1 fully saturated rings. The van der Waals surface area contributed by atoms with Crippen LogP contribution in [-0.2, 0) is 20.7 Å². The highest BCUT2D eigenvalue weighted by Crippen LogP contribution is 2.26. The summed E-state index contributed by atoms with van der Waals surface area (Å²) in [6.07, 6.45) is 1.10. The average molecular weight is 335 g/mol. The maximum Gasteiger partial charge on any atom is 0.305 e. The Labute approximate surface area is 142 Å². The van der Waals surface area contributed by atoms with Crippen molar-refractivity contribution in [2.75, 3.05) is 13.2 Å². The van der Waals surface area contributed by atoms with Gasteiger partial charge in [-0.15, -0.1) is 0 Å². The van der Waals surface area contributed by atoms with Gasteiger partial charge in [0.2, 0.25) is 5.91 Å². The first-order chi connectivity index (χ1) is 11.4. The Morgan fingerprint density at radius 3 is 2.58 bits per heavy atom. The van der Waals surface area contributed by atoms with E-state index in [2.05, 4.69) is 5.32 Å². The minimum atomic E-state index is -0.916. The Bertz CT molecular complexity index is 579. The summed E-state index contributed by atoms with van der Waals surface area (Å²) in [5.74, 6) is -0.430. The van der Waals surface area contributed by atoms with Crippen LogP contribution in [0.15, 0.2) is 24.3 Å². The van der Waals surface area contributed by atoms with Crippen molar-refractivity contribution in [2.24, 2.45) is 0 Å². The third kappa shape index (κ3) is 5.23. The van der Waals surface area contributed by atoms with Crippen LogP contribution in [0.25, 0.3) is 0 Å². The lowest BCUT2D eigenvalue weighted by molar-refractivity contribution is -0.140. The number of hydrogen-bond donors (Lipinski definition) is 2. The van der Waals surface area contributed by atoms with E-state index >= 15 is 0 Å². The molecule has 1 saturated heterocycles. The molecule has 1 amide bonds. The highest BCUT2D eigenvalue weighted by Gasteiger charge is 2.36. The maximum absolute atomic E-state index is 12.5. The second-order valence-electron chi connectivity index (χ2n) is 6.46. The van der Waals surface area contributed by atoms with Gasteiger partial charge in [-0.1, -0.05) is 18.2 Å². The molecule has 6 heteroatoms. The van der Waals surface area contributed by atoms with Gasteiger partial charge in [0.15, 0.2) is 0 Å². The molecular formula is C18H25NO5. The van der Waals surface area contributed by atoms with Crippen molar-refractivity contribution in [1.29, 1.82) is 0 Å². The van der Waals surface area contributed by atoms with Gasteiger partial charge >= 0.3 is 5.97 Å². The molecule has 1 heterocycles. The van der Waals surface area contributed by atoms with E-state index in [9.17, 15) is 9.59 Å². The van der Waals surface area contributed by atoms with Gasteiger partial charge in [-0.3, -0.25) is 9.59 Å². The number of ether oxygens (including phenoxy) is 2. The van der Waals surface area contributed by atoms with Gasteiger partial charge in [-0.25, -0.2) is 0 Å². The van der Waals surface area contributed by atoms with E-state index in [1.54, 1.807) is 0 Å². The van der Waals surface area contributed by atoms with Crippen molar-refractivity contribution in [3.63, 3.8) is 0 Å². The van der Waals surface area contributed by atoms with Gasteiger partial charge in [0.25, 0.3) is 0 Å². The molecule has 24 heavy (non-hydrogen) atoms. The summed E-state index contributed by atoms with van der Waals surface area (Å²) >= 11 is 0. The normalized spacial score (nSPS) is 16.6. The van der Waals surface area contributed by atoms with Crippen LogP contribution < -0.4 is 10.1 Å². The first-order valence-electron chi connectivity index (χ1n) is 8.25. The Morgan fingerprint density at radius 2 is 1.96 bits per heavy atom. The molecule has 1 aliphatic heterocycles. The zero-order valence-corrected chi connectivity index (χ0v) is 14.2. The number of amides is 1. The molecule has 0 radical (unpaired) electrons. The number of carbonyl (C=O) groups is 2. The summed E-state index contributed by atoms with van der Waals surface area (Å²) in [4.78, 5) is 23.7. The molecule has 2 rings (SSSR count). The molecular weight excluding hydrogens is 310 g/mol. The molecule has 132 valence electrons. The van der Waals surface area contributed by atoms with E-state index in [-0.39, 0.29) is 24.9 Å². The highest BCUT2D eigenvalue weighted by atomic mass is 16.5. The predicted molar refractivity (Wildman–Crippen MR) is 89.1 cm³/mol. The Balaban J connectivity index is 2.07. The van der Waals surface area contributed by atoms with Gasteiger partial charge in [0.05, 0.1) is 24.5 Å². The Kier molecular flexibility index (Phi) is 6.20. The van der Waals surface area contributed by atoms with Crippen LogP contribution in [-0.4, -0.2) is 41.8 Å². The molecule has 1 aromatic rings. The summed E-state index contributed by atoms with van der Waals surface area (Å²) in [5.41, 5.74) is 0.0656. The smallest absolute Gasteiger partial charge is 0.305 e. The summed E-state index contributed by atoms with van der Waals surface area (Å²) < 4.78 is 11.0. The van der Waals surface area contributed by atoms with Crippen LogP contribution >= 0.6 is 0 Å². The van der Waals surface area contributed by atoms with Crippen molar-refractivity contribution in [3.8, 4) is 5.75 Å². The number of carbonyl (C=O) groups excluding carboxylic acids is 1. The van der Waals surface area contributed by atoms with Crippen LogP contribution in [0.3, 0.4) is 0 Å². The van der Waals surface area contributed by atoms with Crippen molar-refractivity contribution < 1.29 is 24.2 Å². The molecule has 1 aromatic carbocycles. The van der Waals surface area contributed by atoms with Crippen LogP contribution in [0.2, 0.25) is 0 Å². The van der Waals surface area contributed by atoms with Crippen LogP contribution in [0, 0.1) is 0 Å². The van der Waals surface area contributed by atoms with Gasteiger partial charge < -0.3 is 19.9 Å². The number of aliphatic carboxylic acids is 1. The lowest BCUT2D eigenvalue weighted by Gasteiger charge is -2.37. The average Bonchev–Trinajstić information content (AvgIpc) is 2.48. The van der Waals surface area contributed by atoms with Crippen LogP contribution in [0.4, 0.5) is 0 Å². The molecule has 0 spiro atoms.